The third-order valence-corrected chi connectivity index (χ3v) is 2.39. The number of benzene rings is 1. The fourth-order valence-corrected chi connectivity index (χ4v) is 1.57. The molecule has 0 atom stereocenters. The second-order valence-corrected chi connectivity index (χ2v) is 3.78. The lowest BCUT2D eigenvalue weighted by molar-refractivity contribution is -0.286. The molecule has 0 spiro atoms. The second-order valence-electron chi connectivity index (χ2n) is 3.78. The van der Waals surface area contributed by atoms with Crippen LogP contribution >= 0.6 is 0 Å². The van der Waals surface area contributed by atoms with Gasteiger partial charge < -0.3 is 20.5 Å². The van der Waals surface area contributed by atoms with E-state index in [-0.39, 0.29) is 28.7 Å². The zero-order chi connectivity index (χ0) is 14.3. The van der Waals surface area contributed by atoms with Crippen LogP contribution in [0.2, 0.25) is 0 Å². The second kappa shape index (κ2) is 4.05. The Morgan fingerprint density at radius 2 is 2.00 bits per heavy atom. The van der Waals surface area contributed by atoms with Gasteiger partial charge in [-0.05, 0) is 22.4 Å². The number of fused-ring (bicyclic) bond motifs is 1. The molecule has 0 unspecified atom stereocenters. The lowest BCUT2D eigenvalue weighted by atomic mass is 10.2. The van der Waals surface area contributed by atoms with Crippen LogP contribution in [-0.4, -0.2) is 22.5 Å². The highest BCUT2D eigenvalue weighted by Crippen LogP contribution is 2.42. The molecule has 0 radical (unpaired) electrons. The van der Waals surface area contributed by atoms with Gasteiger partial charge in [-0.3, -0.25) is 4.79 Å². The molecule has 0 saturated heterocycles. The van der Waals surface area contributed by atoms with Crippen LogP contribution in [0.5, 0.6) is 11.5 Å². The number of carbonyl (C=O) groups excluding carboxylic acids is 1. The number of hydrogen-bond acceptors (Lipinski definition) is 7. The number of halogens is 2. The molecule has 1 aliphatic heterocycles. The fraction of sp³-hybridized carbons (Fsp3) is 0.100. The minimum absolute atomic E-state index is 0.129. The van der Waals surface area contributed by atoms with Gasteiger partial charge in [-0.2, -0.15) is 0 Å². The first kappa shape index (κ1) is 12.1. The summed E-state index contributed by atoms with van der Waals surface area (Å²) in [5.74, 6) is -1.21. The number of amides is 1. The molecule has 10 heteroatoms. The van der Waals surface area contributed by atoms with Crippen molar-refractivity contribution in [1.82, 2.24) is 10.3 Å². The number of nitrogens with two attached hydrogens (primary N) is 1. The van der Waals surface area contributed by atoms with Crippen LogP contribution in [0.15, 0.2) is 22.8 Å². The van der Waals surface area contributed by atoms with Crippen LogP contribution in [0.3, 0.4) is 0 Å². The lowest BCUT2D eigenvalue weighted by Crippen LogP contribution is -2.25. The normalized spacial score (nSPS) is 15.1. The predicted molar refractivity (Wildman–Crippen MR) is 59.3 cm³/mol. The third kappa shape index (κ3) is 2.06. The number of ether oxygens (including phenoxy) is 2. The quantitative estimate of drug-likeness (QED) is 0.852. The molecule has 2 heterocycles. The molecule has 0 aliphatic carbocycles. The van der Waals surface area contributed by atoms with E-state index in [1.165, 1.54) is 18.2 Å². The smallest absolute Gasteiger partial charge is 0.395 e. The summed E-state index contributed by atoms with van der Waals surface area (Å²) in [5.41, 5.74) is 5.33. The Labute approximate surface area is 109 Å². The van der Waals surface area contributed by atoms with Gasteiger partial charge in [0.2, 0.25) is 11.5 Å². The summed E-state index contributed by atoms with van der Waals surface area (Å²) in [6.07, 6.45) is -3.72. The van der Waals surface area contributed by atoms with Gasteiger partial charge in [0.15, 0.2) is 11.5 Å². The van der Waals surface area contributed by atoms with Gasteiger partial charge in [0.05, 0.1) is 0 Å². The molecule has 0 saturated carbocycles. The van der Waals surface area contributed by atoms with E-state index < -0.39 is 12.2 Å². The average Bonchev–Trinajstić information content (AvgIpc) is 2.90. The van der Waals surface area contributed by atoms with Gasteiger partial charge in [0, 0.05) is 11.8 Å². The minimum Gasteiger partial charge on any atom is -0.395 e. The van der Waals surface area contributed by atoms with Crippen molar-refractivity contribution in [2.75, 3.05) is 11.1 Å². The first-order chi connectivity index (χ1) is 9.44. The van der Waals surface area contributed by atoms with E-state index in [1.54, 1.807) is 0 Å². The molecular weight excluding hydrogens is 278 g/mol. The molecule has 1 aliphatic rings. The Balaban J connectivity index is 1.80. The average molecular weight is 284 g/mol. The van der Waals surface area contributed by atoms with Crippen LogP contribution < -0.4 is 20.5 Å². The van der Waals surface area contributed by atoms with Gasteiger partial charge in [-0.25, -0.2) is 4.63 Å². The van der Waals surface area contributed by atoms with E-state index in [0.29, 0.717) is 0 Å². The lowest BCUT2D eigenvalue weighted by Gasteiger charge is -2.04. The van der Waals surface area contributed by atoms with Crippen LogP contribution in [0.1, 0.15) is 10.5 Å². The van der Waals surface area contributed by atoms with Gasteiger partial charge in [-0.15, -0.1) is 8.78 Å². The first-order valence-electron chi connectivity index (χ1n) is 5.24. The summed E-state index contributed by atoms with van der Waals surface area (Å²) >= 11 is 0. The van der Waals surface area contributed by atoms with E-state index in [1.807, 2.05) is 0 Å². The van der Waals surface area contributed by atoms with Crippen molar-refractivity contribution in [3.05, 3.63) is 23.9 Å². The number of nitrogens with one attached hydrogen (secondary N) is 1. The predicted octanol–water partition coefficient (Wildman–Crippen LogP) is 1.23. The maximum atomic E-state index is 12.8. The van der Waals surface area contributed by atoms with Crippen LogP contribution in [0, 0.1) is 0 Å². The number of aromatic nitrogens is 2. The Hall–Kier alpha value is -2.91. The van der Waals surface area contributed by atoms with Crippen molar-refractivity contribution in [2.24, 2.45) is 0 Å². The maximum Gasteiger partial charge on any atom is 0.586 e. The molecule has 3 rings (SSSR count). The summed E-state index contributed by atoms with van der Waals surface area (Å²) in [4.78, 5) is 11.7. The standard InChI is InChI=1S/C10H6F2N4O4/c11-10(12)18-5-2-1-4(3-6(5)19-10)14-9(17)7-8(13)16-20-15-7/h1-3H,(H2,13,16)(H,14,17). The van der Waals surface area contributed by atoms with Gasteiger partial charge in [-0.1, -0.05) is 0 Å². The number of hydrogen-bond donors (Lipinski definition) is 2. The highest BCUT2D eigenvalue weighted by molar-refractivity contribution is 6.05. The summed E-state index contributed by atoms with van der Waals surface area (Å²) in [7, 11) is 0. The summed E-state index contributed by atoms with van der Waals surface area (Å²) in [5, 5.41) is 8.93. The third-order valence-electron chi connectivity index (χ3n) is 2.39. The molecular formula is C10H6F2N4O4. The molecule has 1 aromatic heterocycles. The Morgan fingerprint density at radius 3 is 2.70 bits per heavy atom. The van der Waals surface area contributed by atoms with Crippen molar-refractivity contribution < 1.29 is 27.7 Å². The molecule has 1 aromatic carbocycles. The largest absolute Gasteiger partial charge is 0.586 e. The van der Waals surface area contributed by atoms with Crippen LogP contribution in [0.25, 0.3) is 0 Å². The topological polar surface area (TPSA) is 112 Å². The Bertz CT molecular complexity index is 688. The minimum atomic E-state index is -3.72. The van der Waals surface area contributed by atoms with Crippen molar-refractivity contribution in [1.29, 1.82) is 0 Å². The molecule has 3 N–H and O–H groups in total. The van der Waals surface area contributed by atoms with E-state index in [4.69, 9.17) is 5.73 Å². The Morgan fingerprint density at radius 1 is 1.25 bits per heavy atom. The van der Waals surface area contributed by atoms with Crippen molar-refractivity contribution in [3.8, 4) is 11.5 Å². The molecule has 2 aromatic rings. The number of anilines is 2. The summed E-state index contributed by atoms with van der Waals surface area (Å²) < 4.78 is 38.4. The fourth-order valence-electron chi connectivity index (χ4n) is 1.57. The molecule has 0 fully saturated rings. The van der Waals surface area contributed by atoms with Crippen LogP contribution in [-0.2, 0) is 0 Å². The van der Waals surface area contributed by atoms with E-state index >= 15 is 0 Å². The Kier molecular flexibility index (Phi) is 2.46. The number of rotatable bonds is 2. The number of alkyl halides is 2. The number of nitrogens with zero attached hydrogens (tertiary/aromatic N) is 2. The molecule has 8 nitrogen and oxygen atoms in total. The SMILES string of the molecule is Nc1nonc1C(=O)Nc1ccc2c(c1)OC(F)(F)O2. The zero-order valence-electron chi connectivity index (χ0n) is 9.59. The monoisotopic (exact) mass is 284 g/mol. The molecule has 104 valence electrons. The number of carbonyl (C=O) groups is 1. The molecule has 1 amide bonds. The zero-order valence-corrected chi connectivity index (χ0v) is 9.59. The van der Waals surface area contributed by atoms with Crippen molar-refractivity contribution in [3.63, 3.8) is 0 Å². The van der Waals surface area contributed by atoms with E-state index in [2.05, 4.69) is 29.7 Å². The molecule has 20 heavy (non-hydrogen) atoms. The highest BCUT2D eigenvalue weighted by Gasteiger charge is 2.43. The van der Waals surface area contributed by atoms with Crippen molar-refractivity contribution in [2.45, 2.75) is 6.29 Å². The van der Waals surface area contributed by atoms with Gasteiger partial charge in [0.1, 0.15) is 0 Å². The van der Waals surface area contributed by atoms with Gasteiger partial charge >= 0.3 is 6.29 Å². The highest BCUT2D eigenvalue weighted by atomic mass is 19.3. The first-order valence-corrected chi connectivity index (χ1v) is 5.24. The summed E-state index contributed by atoms with van der Waals surface area (Å²) in [6, 6.07) is 3.76. The molecule has 0 bridgehead atoms. The van der Waals surface area contributed by atoms with Crippen LogP contribution in [0.4, 0.5) is 20.3 Å². The maximum absolute atomic E-state index is 12.8. The number of nitrogen functional groups attached to an aromatic ring is 1. The van der Waals surface area contributed by atoms with Gasteiger partial charge in [0.25, 0.3) is 5.91 Å². The van der Waals surface area contributed by atoms with E-state index in [0.717, 1.165) is 0 Å². The summed E-state index contributed by atoms with van der Waals surface area (Å²) in [6.45, 7) is 0. The van der Waals surface area contributed by atoms with Crippen molar-refractivity contribution >= 4 is 17.4 Å². The van der Waals surface area contributed by atoms with E-state index in [9.17, 15) is 13.6 Å².